The van der Waals surface area contributed by atoms with E-state index in [4.69, 9.17) is 21.8 Å². The summed E-state index contributed by atoms with van der Waals surface area (Å²) in [4.78, 5) is 10.2. The zero-order valence-corrected chi connectivity index (χ0v) is 37.6. The first-order chi connectivity index (χ1) is 32.8. The average molecular weight is 994 g/mol. The lowest BCUT2D eigenvalue weighted by Crippen LogP contribution is -2.15. The number of nitrogen functional groups attached to an aromatic ring is 3. The summed E-state index contributed by atoms with van der Waals surface area (Å²) < 4.78 is 88.1. The molecule has 0 unspecified atom stereocenters. The van der Waals surface area contributed by atoms with E-state index < -0.39 is 47.5 Å². The molecule has 0 radical (unpaired) electrons. The second-order valence-corrected chi connectivity index (χ2v) is 19.1. The van der Waals surface area contributed by atoms with Gasteiger partial charge in [0.15, 0.2) is 15.6 Å². The molecule has 24 nitrogen and oxygen atoms in total. The van der Waals surface area contributed by atoms with Crippen molar-refractivity contribution in [2.24, 2.45) is 40.9 Å². The number of anilines is 4. The van der Waals surface area contributed by atoms with Gasteiger partial charge >= 0.3 is 10.4 Å². The number of nitro groups is 1. The number of phenols is 1. The van der Waals surface area contributed by atoms with Crippen LogP contribution in [0.2, 0.25) is 0 Å². The lowest BCUT2D eigenvalue weighted by Gasteiger charge is -2.09. The molecule has 69 heavy (non-hydrogen) atoms. The van der Waals surface area contributed by atoms with Crippen LogP contribution in [-0.2, 0) is 34.4 Å². The molecule has 0 amide bonds. The molecule has 0 atom stereocenters. The van der Waals surface area contributed by atoms with E-state index in [-0.39, 0.29) is 77.8 Å². The number of nitrogens with zero attached hydrogens (tertiary/aromatic N) is 9. The van der Waals surface area contributed by atoms with Gasteiger partial charge in [0.2, 0.25) is 0 Å². The number of nitro benzene ring substituents is 1. The molecule has 352 valence electrons. The molecule has 0 saturated carbocycles. The van der Waals surface area contributed by atoms with E-state index in [0.29, 0.717) is 22.4 Å². The van der Waals surface area contributed by atoms with E-state index in [2.05, 4.69) is 49.8 Å². The van der Waals surface area contributed by atoms with Gasteiger partial charge in [0, 0.05) is 17.8 Å². The van der Waals surface area contributed by atoms with Crippen molar-refractivity contribution in [1.29, 1.82) is 0 Å². The number of nitrogens with one attached hydrogen (secondary N) is 1. The molecule has 0 aliphatic rings. The van der Waals surface area contributed by atoms with Crippen molar-refractivity contribution in [2.75, 3.05) is 34.3 Å². The van der Waals surface area contributed by atoms with Crippen LogP contribution in [0.25, 0.3) is 10.8 Å². The van der Waals surface area contributed by atoms with Crippen LogP contribution in [0.5, 0.6) is 5.75 Å². The maximum atomic E-state index is 13.3. The van der Waals surface area contributed by atoms with Crippen molar-refractivity contribution in [2.45, 2.75) is 9.79 Å². The SMILES string of the molecule is Nc1ccc(N=Nc2ccc(NS(=O)(=O)c3ccc(/N=N/c4ccc5ccc(N=Nc6ccc([N+](=O)[O-])cc6)c(O)c5c4N)cc3)cc2)c(N)c1/N=N/c1ccc(S(=O)(=O)CCOS(=O)(=O)O)cc1. The lowest BCUT2D eigenvalue weighted by atomic mass is 10.1. The van der Waals surface area contributed by atoms with E-state index >= 15 is 0 Å². The van der Waals surface area contributed by atoms with Crippen LogP contribution in [-0.4, -0.2) is 52.2 Å². The molecule has 7 aromatic carbocycles. The maximum absolute atomic E-state index is 13.3. The number of fused-ring (bicyclic) bond motifs is 1. The molecule has 0 saturated heterocycles. The molecule has 7 rings (SSSR count). The highest BCUT2D eigenvalue weighted by Gasteiger charge is 2.18. The second-order valence-electron chi connectivity index (χ2n) is 14.2. The zero-order chi connectivity index (χ0) is 49.5. The van der Waals surface area contributed by atoms with E-state index in [1.54, 1.807) is 18.2 Å². The number of non-ortho nitro benzene ring substituents is 1. The Balaban J connectivity index is 0.968. The molecule has 9 N–H and O–H groups in total. The standard InChI is InChI=1S/C42H35N13O11S3/c43-34-19-22-36(40(45)41(34)53-49-29-9-15-32(16-10-29)67(59,60)24-23-66-69(63,64)65)51-46-26-3-5-30(6-4-26)54-68(61,62)33-17-11-28(12-18-33)47-50-35-20-1-25-2-21-37(42(56)38(25)39(35)44)52-48-27-7-13-31(14-8-27)55(57)58/h1-22,54,56H,23-24,43-45H2,(H,63,64,65)/b50-47+,51-46?,52-48?,53-49+. The Morgan fingerprint density at radius 3 is 1.58 bits per heavy atom. The normalized spacial score (nSPS) is 12.5. The molecule has 27 heteroatoms. The van der Waals surface area contributed by atoms with Crippen molar-refractivity contribution in [3.63, 3.8) is 0 Å². The predicted octanol–water partition coefficient (Wildman–Crippen LogP) is 10.3. The fourth-order valence-electron chi connectivity index (χ4n) is 6.06. The minimum absolute atomic E-state index is 0.0225. The zero-order valence-electron chi connectivity index (χ0n) is 35.2. The summed E-state index contributed by atoms with van der Waals surface area (Å²) in [7, 11) is -12.8. The summed E-state index contributed by atoms with van der Waals surface area (Å²) >= 11 is 0. The summed E-state index contributed by atoms with van der Waals surface area (Å²) in [5, 5.41) is 55.8. The minimum atomic E-state index is -4.80. The Kier molecular flexibility index (Phi) is 14.1. The highest BCUT2D eigenvalue weighted by molar-refractivity contribution is 7.92. The van der Waals surface area contributed by atoms with Gasteiger partial charge in [-0.15, -0.1) is 20.5 Å². The number of azo groups is 4. The van der Waals surface area contributed by atoms with Gasteiger partial charge in [-0.3, -0.25) is 19.4 Å². The fraction of sp³-hybridized carbons (Fsp3) is 0.0476. The first kappa shape index (κ1) is 48.3. The van der Waals surface area contributed by atoms with Crippen molar-refractivity contribution in [3.05, 3.63) is 144 Å². The Morgan fingerprint density at radius 2 is 1.03 bits per heavy atom. The third-order valence-electron chi connectivity index (χ3n) is 9.57. The van der Waals surface area contributed by atoms with Gasteiger partial charge in [-0.1, -0.05) is 12.1 Å². The third-order valence-corrected chi connectivity index (χ3v) is 13.1. The molecule has 0 heterocycles. The van der Waals surface area contributed by atoms with Crippen LogP contribution in [0, 0.1) is 10.1 Å². The lowest BCUT2D eigenvalue weighted by molar-refractivity contribution is -0.384. The first-order valence-electron chi connectivity index (χ1n) is 19.6. The number of hydrogen-bond acceptors (Lipinski definition) is 21. The molecule has 0 aliphatic heterocycles. The molecule has 0 bridgehead atoms. The van der Waals surface area contributed by atoms with Crippen LogP contribution in [0.4, 0.5) is 73.9 Å². The average Bonchev–Trinajstić information content (AvgIpc) is 3.31. The van der Waals surface area contributed by atoms with Crippen LogP contribution < -0.4 is 21.9 Å². The van der Waals surface area contributed by atoms with Gasteiger partial charge in [0.05, 0.1) is 72.3 Å². The number of nitrogens with two attached hydrogens (primary N) is 3. The third kappa shape index (κ3) is 12.0. The largest absolute Gasteiger partial charge is 0.505 e. The van der Waals surface area contributed by atoms with Gasteiger partial charge in [-0.2, -0.15) is 28.9 Å². The van der Waals surface area contributed by atoms with Gasteiger partial charge in [0.25, 0.3) is 15.7 Å². The Morgan fingerprint density at radius 1 is 0.565 bits per heavy atom. The van der Waals surface area contributed by atoms with Gasteiger partial charge in [-0.05, 0) is 115 Å². The summed E-state index contributed by atoms with van der Waals surface area (Å²) in [5.41, 5.74) is 20.8. The molecule has 0 spiro atoms. The van der Waals surface area contributed by atoms with E-state index in [1.807, 2.05) is 0 Å². The molecule has 0 aliphatic carbocycles. The maximum Gasteiger partial charge on any atom is 0.397 e. The number of aromatic hydroxyl groups is 1. The minimum Gasteiger partial charge on any atom is -0.505 e. The summed E-state index contributed by atoms with van der Waals surface area (Å²) in [6.07, 6.45) is 0. The van der Waals surface area contributed by atoms with E-state index in [0.717, 1.165) is 0 Å². The summed E-state index contributed by atoms with van der Waals surface area (Å²) in [6, 6.07) is 31.5. The second kappa shape index (κ2) is 20.1. The van der Waals surface area contributed by atoms with Crippen molar-refractivity contribution in [1.82, 2.24) is 0 Å². The predicted molar refractivity (Wildman–Crippen MR) is 255 cm³/mol. The van der Waals surface area contributed by atoms with Crippen molar-refractivity contribution < 1.29 is 44.0 Å². The van der Waals surface area contributed by atoms with E-state index in [1.165, 1.54) is 115 Å². The molecule has 0 aromatic heterocycles. The van der Waals surface area contributed by atoms with Gasteiger partial charge in [0.1, 0.15) is 22.7 Å². The summed E-state index contributed by atoms with van der Waals surface area (Å²) in [5.74, 6) is -0.982. The fourth-order valence-corrected chi connectivity index (χ4v) is 8.61. The molecular formula is C42H35N13O11S3. The summed E-state index contributed by atoms with van der Waals surface area (Å²) in [6.45, 7) is -0.781. The van der Waals surface area contributed by atoms with Crippen LogP contribution >= 0.6 is 0 Å². The number of hydrogen-bond donors (Lipinski definition) is 6. The van der Waals surface area contributed by atoms with Crippen LogP contribution in [0.15, 0.2) is 184 Å². The molecule has 0 fully saturated rings. The first-order valence-corrected chi connectivity index (χ1v) is 24.1. The Labute approximate surface area is 391 Å². The number of benzene rings is 7. The topological polar surface area (TPSA) is 384 Å². The highest BCUT2D eigenvalue weighted by atomic mass is 32.3. The highest BCUT2D eigenvalue weighted by Crippen LogP contribution is 2.43. The number of rotatable bonds is 17. The Bertz CT molecular complexity index is 3560. The van der Waals surface area contributed by atoms with Crippen LogP contribution in [0.3, 0.4) is 0 Å². The quantitative estimate of drug-likeness (QED) is 0.0162. The smallest absolute Gasteiger partial charge is 0.397 e. The van der Waals surface area contributed by atoms with Gasteiger partial charge in [-0.25, -0.2) is 21.0 Å². The van der Waals surface area contributed by atoms with Crippen LogP contribution in [0.1, 0.15) is 0 Å². The van der Waals surface area contributed by atoms with E-state index in [9.17, 15) is 40.5 Å². The van der Waals surface area contributed by atoms with Gasteiger partial charge < -0.3 is 22.3 Å². The number of phenolic OH excluding ortho intramolecular Hbond substituents is 1. The number of sulfonamides is 1. The van der Waals surface area contributed by atoms with Crippen molar-refractivity contribution in [3.8, 4) is 5.75 Å². The monoisotopic (exact) mass is 993 g/mol. The molecule has 7 aromatic rings. The Hall–Kier alpha value is -8.63. The van der Waals surface area contributed by atoms with Crippen molar-refractivity contribution >= 4 is 115 Å². The number of sulfone groups is 1. The molecular weight excluding hydrogens is 959 g/mol.